The van der Waals surface area contributed by atoms with E-state index in [-0.39, 0.29) is 12.2 Å². The van der Waals surface area contributed by atoms with E-state index in [1.54, 1.807) is 6.20 Å². The summed E-state index contributed by atoms with van der Waals surface area (Å²) in [5.41, 5.74) is 7.90. The molecule has 0 radical (unpaired) electrons. The van der Waals surface area contributed by atoms with Gasteiger partial charge in [-0.2, -0.15) is 12.6 Å². The number of carbonyl (C=O) groups is 4. The first-order valence-electron chi connectivity index (χ1n) is 10.8. The molecule has 2 heterocycles. The summed E-state index contributed by atoms with van der Waals surface area (Å²) >= 11 is 4.13. The molecule has 1 aliphatic heterocycles. The molecule has 6 N–H and O–H groups in total. The van der Waals surface area contributed by atoms with Crippen LogP contribution < -0.4 is 16.4 Å². The SMILES string of the molecule is CC(NC(=O)C(N)Cc1c[nH]c2ccccc12)C(=O)NC(CS)C(=O)N1CCCC1C(=O)O. The summed E-state index contributed by atoms with van der Waals surface area (Å²) in [4.78, 5) is 53.7. The normalized spacial score (nSPS) is 18.5. The Morgan fingerprint density at radius 1 is 1.24 bits per heavy atom. The van der Waals surface area contributed by atoms with Gasteiger partial charge in [-0.1, -0.05) is 18.2 Å². The molecule has 1 aromatic heterocycles. The Bertz CT molecular complexity index is 1040. The van der Waals surface area contributed by atoms with Crippen molar-refractivity contribution in [3.8, 4) is 0 Å². The third-order valence-electron chi connectivity index (χ3n) is 5.82. The molecule has 3 amide bonds. The van der Waals surface area contributed by atoms with E-state index >= 15 is 0 Å². The first-order chi connectivity index (χ1) is 15.7. The number of rotatable bonds is 9. The molecule has 3 rings (SSSR count). The van der Waals surface area contributed by atoms with Gasteiger partial charge in [-0.25, -0.2) is 4.79 Å². The number of carbonyl (C=O) groups excluding carboxylic acids is 3. The van der Waals surface area contributed by atoms with Crippen LogP contribution in [0.2, 0.25) is 0 Å². The van der Waals surface area contributed by atoms with Gasteiger partial charge in [0.15, 0.2) is 0 Å². The molecule has 11 heteroatoms. The van der Waals surface area contributed by atoms with Crippen LogP contribution in [-0.4, -0.2) is 75.1 Å². The van der Waals surface area contributed by atoms with Crippen molar-refractivity contribution in [2.24, 2.45) is 5.73 Å². The summed E-state index contributed by atoms with van der Waals surface area (Å²) in [7, 11) is 0. The highest BCUT2D eigenvalue weighted by Crippen LogP contribution is 2.20. The van der Waals surface area contributed by atoms with Crippen molar-refractivity contribution < 1.29 is 24.3 Å². The summed E-state index contributed by atoms with van der Waals surface area (Å²) in [6, 6.07) is 3.94. The van der Waals surface area contributed by atoms with Crippen LogP contribution in [-0.2, 0) is 25.6 Å². The minimum Gasteiger partial charge on any atom is -0.480 e. The number of carboxylic acid groups (broad SMARTS) is 1. The zero-order valence-electron chi connectivity index (χ0n) is 18.3. The molecule has 0 spiro atoms. The van der Waals surface area contributed by atoms with Crippen molar-refractivity contribution in [3.63, 3.8) is 0 Å². The molecule has 1 aliphatic rings. The summed E-state index contributed by atoms with van der Waals surface area (Å²) in [5, 5.41) is 15.4. The fraction of sp³-hybridized carbons (Fsp3) is 0.455. The van der Waals surface area contributed by atoms with E-state index < -0.39 is 47.9 Å². The lowest BCUT2D eigenvalue weighted by molar-refractivity contribution is -0.149. The Kier molecular flexibility index (Phi) is 7.98. The van der Waals surface area contributed by atoms with Crippen molar-refractivity contribution >= 4 is 47.2 Å². The molecule has 0 bridgehead atoms. The second-order valence-electron chi connectivity index (χ2n) is 8.17. The number of aromatic amines is 1. The zero-order valence-corrected chi connectivity index (χ0v) is 19.2. The van der Waals surface area contributed by atoms with E-state index in [0.29, 0.717) is 19.4 Å². The van der Waals surface area contributed by atoms with Gasteiger partial charge in [-0.05, 0) is 37.8 Å². The van der Waals surface area contributed by atoms with Crippen LogP contribution in [0.1, 0.15) is 25.3 Å². The lowest BCUT2D eigenvalue weighted by Crippen LogP contribution is -2.57. The van der Waals surface area contributed by atoms with Crippen molar-refractivity contribution in [1.29, 1.82) is 0 Å². The predicted octanol–water partition coefficient (Wildman–Crippen LogP) is 0.0326. The van der Waals surface area contributed by atoms with E-state index in [9.17, 15) is 24.3 Å². The molecule has 4 atom stereocenters. The number of nitrogens with zero attached hydrogens (tertiary/aromatic N) is 1. The molecule has 0 saturated carbocycles. The van der Waals surface area contributed by atoms with Crippen molar-refractivity contribution in [3.05, 3.63) is 36.0 Å². The smallest absolute Gasteiger partial charge is 0.326 e. The van der Waals surface area contributed by atoms with Crippen molar-refractivity contribution in [1.82, 2.24) is 20.5 Å². The van der Waals surface area contributed by atoms with Crippen LogP contribution in [0.3, 0.4) is 0 Å². The van der Waals surface area contributed by atoms with Gasteiger partial charge in [-0.3, -0.25) is 14.4 Å². The third kappa shape index (κ3) is 5.66. The fourth-order valence-electron chi connectivity index (χ4n) is 3.99. The standard InChI is InChI=1S/C22H29N5O5S/c1-12(19(28)26-17(11-33)21(30)27-8-4-7-18(27)22(31)32)25-20(29)15(23)9-13-10-24-16-6-3-2-5-14(13)16/h2-3,5-6,10,12,15,17-18,24,33H,4,7-9,11,23H2,1H3,(H,25,29)(H,26,28)(H,31,32). The number of para-hydroxylation sites is 1. The predicted molar refractivity (Wildman–Crippen MR) is 126 cm³/mol. The maximum absolute atomic E-state index is 12.8. The number of H-pyrrole nitrogens is 1. The minimum atomic E-state index is -1.07. The largest absolute Gasteiger partial charge is 0.480 e. The highest BCUT2D eigenvalue weighted by atomic mass is 32.1. The van der Waals surface area contributed by atoms with Gasteiger partial charge in [-0.15, -0.1) is 0 Å². The number of amides is 3. The molecule has 1 aromatic carbocycles. The lowest BCUT2D eigenvalue weighted by atomic mass is 10.0. The molecule has 0 aliphatic carbocycles. The Morgan fingerprint density at radius 3 is 2.67 bits per heavy atom. The van der Waals surface area contributed by atoms with E-state index in [0.717, 1.165) is 16.5 Å². The average molecular weight is 476 g/mol. The molecule has 1 saturated heterocycles. The molecule has 4 unspecified atom stereocenters. The molecule has 33 heavy (non-hydrogen) atoms. The number of likely N-dealkylation sites (tertiary alicyclic amines) is 1. The topological polar surface area (TPSA) is 158 Å². The highest BCUT2D eigenvalue weighted by Gasteiger charge is 2.37. The quantitative estimate of drug-likeness (QED) is 0.281. The number of benzene rings is 1. The van der Waals surface area contributed by atoms with Crippen LogP contribution in [0.4, 0.5) is 0 Å². The Hall–Kier alpha value is -3.05. The van der Waals surface area contributed by atoms with E-state index in [1.807, 2.05) is 24.3 Å². The van der Waals surface area contributed by atoms with E-state index in [1.165, 1.54) is 11.8 Å². The van der Waals surface area contributed by atoms with Gasteiger partial charge in [0.05, 0.1) is 6.04 Å². The third-order valence-corrected chi connectivity index (χ3v) is 6.19. The van der Waals surface area contributed by atoms with Crippen LogP contribution >= 0.6 is 12.6 Å². The van der Waals surface area contributed by atoms with Crippen molar-refractivity contribution in [2.75, 3.05) is 12.3 Å². The number of hydrogen-bond donors (Lipinski definition) is 6. The number of carboxylic acids is 1. The van der Waals surface area contributed by atoms with Crippen molar-refractivity contribution in [2.45, 2.75) is 50.4 Å². The molecular weight excluding hydrogens is 446 g/mol. The number of fused-ring (bicyclic) bond motifs is 1. The van der Waals surface area contributed by atoms with Gasteiger partial charge < -0.3 is 31.4 Å². The fourth-order valence-corrected chi connectivity index (χ4v) is 4.23. The van der Waals surface area contributed by atoms with E-state index in [4.69, 9.17) is 5.73 Å². The molecule has 178 valence electrons. The molecule has 2 aromatic rings. The van der Waals surface area contributed by atoms with Gasteiger partial charge in [0.2, 0.25) is 17.7 Å². The van der Waals surface area contributed by atoms with Gasteiger partial charge in [0.25, 0.3) is 0 Å². The number of aliphatic carboxylic acids is 1. The number of aromatic nitrogens is 1. The summed E-state index contributed by atoms with van der Waals surface area (Å²) < 4.78 is 0. The molecule has 1 fully saturated rings. The van der Waals surface area contributed by atoms with Crippen LogP contribution in [0.15, 0.2) is 30.5 Å². The number of nitrogens with one attached hydrogen (secondary N) is 3. The average Bonchev–Trinajstić information content (AvgIpc) is 3.44. The Morgan fingerprint density at radius 2 is 1.97 bits per heavy atom. The Labute approximate surface area is 196 Å². The number of hydrogen-bond acceptors (Lipinski definition) is 6. The number of thiol groups is 1. The maximum atomic E-state index is 12.8. The summed E-state index contributed by atoms with van der Waals surface area (Å²) in [5.74, 6) is -2.66. The zero-order chi connectivity index (χ0) is 24.1. The van der Waals surface area contributed by atoms with Gasteiger partial charge >= 0.3 is 5.97 Å². The summed E-state index contributed by atoms with van der Waals surface area (Å²) in [6.07, 6.45) is 3.04. The monoisotopic (exact) mass is 475 g/mol. The van der Waals surface area contributed by atoms with Gasteiger partial charge in [0.1, 0.15) is 18.1 Å². The summed E-state index contributed by atoms with van der Waals surface area (Å²) in [6.45, 7) is 1.80. The van der Waals surface area contributed by atoms with Crippen LogP contribution in [0.5, 0.6) is 0 Å². The van der Waals surface area contributed by atoms with Crippen LogP contribution in [0, 0.1) is 0 Å². The molecule has 10 nitrogen and oxygen atoms in total. The van der Waals surface area contributed by atoms with Crippen LogP contribution in [0.25, 0.3) is 10.9 Å². The molecular formula is C22H29N5O5S. The lowest BCUT2D eigenvalue weighted by Gasteiger charge is -2.27. The van der Waals surface area contributed by atoms with E-state index in [2.05, 4.69) is 28.2 Å². The maximum Gasteiger partial charge on any atom is 0.326 e. The Balaban J connectivity index is 1.55. The first-order valence-corrected chi connectivity index (χ1v) is 11.4. The second-order valence-corrected chi connectivity index (χ2v) is 8.54. The van der Waals surface area contributed by atoms with Gasteiger partial charge in [0, 0.05) is 29.4 Å². The first kappa shape index (κ1) is 24.6. The number of nitrogens with two attached hydrogens (primary N) is 1. The second kappa shape index (κ2) is 10.7. The highest BCUT2D eigenvalue weighted by molar-refractivity contribution is 7.80. The minimum absolute atomic E-state index is 0.00580.